The van der Waals surface area contributed by atoms with Crippen molar-refractivity contribution in [1.82, 2.24) is 0 Å². The highest BCUT2D eigenvalue weighted by molar-refractivity contribution is 6.15. The van der Waals surface area contributed by atoms with E-state index in [1.165, 1.54) is 25.1 Å². The van der Waals surface area contributed by atoms with Crippen LogP contribution in [0.4, 0.5) is 5.69 Å². The third-order valence-electron chi connectivity index (χ3n) is 5.11. The number of hydrogen-bond acceptors (Lipinski definition) is 7. The monoisotopic (exact) mass is 486 g/mol. The lowest BCUT2D eigenvalue weighted by atomic mass is 9.98. The largest absolute Gasteiger partial charge is 0.490 e. The number of nitriles is 1. The number of rotatable bonds is 10. The van der Waals surface area contributed by atoms with Crippen LogP contribution in [-0.2, 0) is 9.53 Å². The summed E-state index contributed by atoms with van der Waals surface area (Å²) in [7, 11) is 0. The van der Waals surface area contributed by atoms with Crippen LogP contribution in [0.3, 0.4) is 0 Å². The molecule has 0 bridgehead atoms. The second-order valence-electron chi connectivity index (χ2n) is 7.63. The first-order chi connectivity index (χ1) is 17.4. The van der Waals surface area contributed by atoms with Crippen molar-refractivity contribution in [2.75, 3.05) is 18.5 Å². The van der Waals surface area contributed by atoms with Crippen LogP contribution in [0.1, 0.15) is 52.6 Å². The number of ether oxygens (including phenoxy) is 3. The maximum atomic E-state index is 13.3. The molecule has 0 aliphatic rings. The molecule has 36 heavy (non-hydrogen) atoms. The molecule has 8 heteroatoms. The van der Waals surface area contributed by atoms with E-state index in [-0.39, 0.29) is 11.1 Å². The molecular formula is C28H26N2O6. The van der Waals surface area contributed by atoms with E-state index < -0.39 is 23.8 Å². The number of hydrogen-bond donors (Lipinski definition) is 1. The molecule has 3 aromatic rings. The molecule has 0 heterocycles. The molecule has 1 atom stereocenters. The molecule has 1 amide bonds. The number of nitrogens with zero attached hydrogens (tertiary/aromatic N) is 1. The molecule has 0 aromatic heterocycles. The molecule has 0 spiro atoms. The Labute approximate surface area is 209 Å². The van der Waals surface area contributed by atoms with Gasteiger partial charge in [-0.1, -0.05) is 24.3 Å². The van der Waals surface area contributed by atoms with Gasteiger partial charge in [0.1, 0.15) is 0 Å². The molecule has 0 aliphatic carbocycles. The van der Waals surface area contributed by atoms with E-state index in [0.717, 1.165) is 0 Å². The lowest BCUT2D eigenvalue weighted by molar-refractivity contribution is -0.123. The quantitative estimate of drug-likeness (QED) is 0.324. The molecule has 1 N–H and O–H groups in total. The van der Waals surface area contributed by atoms with E-state index >= 15 is 0 Å². The van der Waals surface area contributed by atoms with Crippen LogP contribution >= 0.6 is 0 Å². The van der Waals surface area contributed by atoms with Crippen LogP contribution in [-0.4, -0.2) is 37.0 Å². The van der Waals surface area contributed by atoms with Crippen molar-refractivity contribution < 1.29 is 28.6 Å². The highest BCUT2D eigenvalue weighted by Crippen LogP contribution is 2.30. The molecule has 0 fully saturated rings. The molecule has 3 rings (SSSR count). The van der Waals surface area contributed by atoms with Gasteiger partial charge in [-0.05, 0) is 63.2 Å². The summed E-state index contributed by atoms with van der Waals surface area (Å²) in [5.41, 5.74) is 1.25. The predicted molar refractivity (Wildman–Crippen MR) is 133 cm³/mol. The van der Waals surface area contributed by atoms with Crippen molar-refractivity contribution >= 4 is 23.3 Å². The zero-order chi connectivity index (χ0) is 26.1. The van der Waals surface area contributed by atoms with E-state index in [1.54, 1.807) is 48.5 Å². The van der Waals surface area contributed by atoms with Crippen LogP contribution in [0.2, 0.25) is 0 Å². The standard InChI is InChI=1S/C28H26N2O6/c1-4-34-24-14-13-20(16-25(24)35-5-2)26(31)22-11-6-7-12-23(22)28(33)36-18(3)27(32)30-21-10-8-9-19(15-21)17-29/h6-16,18H,4-5H2,1-3H3,(H,30,32). The van der Waals surface area contributed by atoms with Crippen molar-refractivity contribution in [3.63, 3.8) is 0 Å². The molecule has 3 aromatic carbocycles. The van der Waals surface area contributed by atoms with Gasteiger partial charge in [0.25, 0.3) is 5.91 Å². The summed E-state index contributed by atoms with van der Waals surface area (Å²) in [4.78, 5) is 38.8. The number of ketones is 1. The minimum absolute atomic E-state index is 0.0282. The number of amides is 1. The Morgan fingerprint density at radius 1 is 0.889 bits per heavy atom. The zero-order valence-electron chi connectivity index (χ0n) is 20.2. The Morgan fingerprint density at radius 3 is 2.28 bits per heavy atom. The van der Waals surface area contributed by atoms with Gasteiger partial charge in [-0.25, -0.2) is 4.79 Å². The fraction of sp³-hybridized carbons (Fsp3) is 0.214. The fourth-order valence-electron chi connectivity index (χ4n) is 3.39. The minimum Gasteiger partial charge on any atom is -0.490 e. The first kappa shape index (κ1) is 26.0. The van der Waals surface area contributed by atoms with Crippen molar-refractivity contribution in [1.29, 1.82) is 5.26 Å². The summed E-state index contributed by atoms with van der Waals surface area (Å²) in [6, 6.07) is 19.4. The Hall–Kier alpha value is -4.64. The molecule has 8 nitrogen and oxygen atoms in total. The van der Waals surface area contributed by atoms with Gasteiger partial charge in [-0.3, -0.25) is 9.59 Å². The summed E-state index contributed by atoms with van der Waals surface area (Å²) >= 11 is 0. The minimum atomic E-state index is -1.15. The molecular weight excluding hydrogens is 460 g/mol. The van der Waals surface area contributed by atoms with Crippen molar-refractivity contribution in [3.8, 4) is 17.6 Å². The summed E-state index contributed by atoms with van der Waals surface area (Å²) in [6.07, 6.45) is -1.15. The highest BCUT2D eigenvalue weighted by Gasteiger charge is 2.24. The van der Waals surface area contributed by atoms with Crippen molar-refractivity contribution in [2.45, 2.75) is 26.9 Å². The molecule has 0 saturated heterocycles. The Kier molecular flexibility index (Phi) is 8.79. The van der Waals surface area contributed by atoms with Crippen molar-refractivity contribution in [2.24, 2.45) is 0 Å². The SMILES string of the molecule is CCOc1ccc(C(=O)c2ccccc2C(=O)OC(C)C(=O)Nc2cccc(C#N)c2)cc1OCC. The second kappa shape index (κ2) is 12.2. The van der Waals surface area contributed by atoms with Crippen LogP contribution in [0, 0.1) is 11.3 Å². The fourth-order valence-corrected chi connectivity index (χ4v) is 3.39. The van der Waals surface area contributed by atoms with Gasteiger partial charge in [0.05, 0.1) is 30.4 Å². The van der Waals surface area contributed by atoms with Crippen LogP contribution in [0.5, 0.6) is 11.5 Å². The number of benzene rings is 3. The van der Waals surface area contributed by atoms with Gasteiger partial charge in [-0.2, -0.15) is 5.26 Å². The van der Waals surface area contributed by atoms with Crippen LogP contribution in [0.25, 0.3) is 0 Å². The smallest absolute Gasteiger partial charge is 0.339 e. The van der Waals surface area contributed by atoms with E-state index in [4.69, 9.17) is 19.5 Å². The zero-order valence-corrected chi connectivity index (χ0v) is 20.2. The summed E-state index contributed by atoms with van der Waals surface area (Å²) in [5, 5.41) is 11.6. The first-order valence-corrected chi connectivity index (χ1v) is 11.4. The predicted octanol–water partition coefficient (Wildman–Crippen LogP) is 4.77. The summed E-state index contributed by atoms with van der Waals surface area (Å²) < 4.78 is 16.5. The topological polar surface area (TPSA) is 115 Å². The van der Waals surface area contributed by atoms with Gasteiger partial charge >= 0.3 is 5.97 Å². The first-order valence-electron chi connectivity index (χ1n) is 11.4. The third kappa shape index (κ3) is 6.27. The van der Waals surface area contributed by atoms with E-state index in [9.17, 15) is 14.4 Å². The van der Waals surface area contributed by atoms with Gasteiger partial charge < -0.3 is 19.5 Å². The van der Waals surface area contributed by atoms with E-state index in [2.05, 4.69) is 5.32 Å². The van der Waals surface area contributed by atoms with Crippen molar-refractivity contribution in [3.05, 3.63) is 89.0 Å². The maximum Gasteiger partial charge on any atom is 0.339 e. The van der Waals surface area contributed by atoms with Gasteiger partial charge in [0, 0.05) is 16.8 Å². The average molecular weight is 487 g/mol. The second-order valence-corrected chi connectivity index (χ2v) is 7.63. The molecule has 184 valence electrons. The van der Waals surface area contributed by atoms with Gasteiger partial charge in [-0.15, -0.1) is 0 Å². The summed E-state index contributed by atoms with van der Waals surface area (Å²) in [5.74, 6) is -0.852. The van der Waals surface area contributed by atoms with Crippen LogP contribution < -0.4 is 14.8 Å². The Bertz CT molecular complexity index is 1310. The van der Waals surface area contributed by atoms with Crippen LogP contribution in [0.15, 0.2) is 66.7 Å². The van der Waals surface area contributed by atoms with Gasteiger partial charge in [0.2, 0.25) is 0 Å². The number of anilines is 1. The number of esters is 1. The Morgan fingerprint density at radius 2 is 1.58 bits per heavy atom. The third-order valence-corrected chi connectivity index (χ3v) is 5.11. The highest BCUT2D eigenvalue weighted by atomic mass is 16.5. The maximum absolute atomic E-state index is 13.3. The van der Waals surface area contributed by atoms with Gasteiger partial charge in [0.15, 0.2) is 23.4 Å². The number of carbonyl (C=O) groups excluding carboxylic acids is 3. The molecule has 1 unspecified atom stereocenters. The van der Waals surface area contributed by atoms with E-state index in [0.29, 0.717) is 41.5 Å². The summed E-state index contributed by atoms with van der Waals surface area (Å²) in [6.45, 7) is 5.93. The number of carbonyl (C=O) groups is 3. The number of nitrogens with one attached hydrogen (secondary N) is 1. The van der Waals surface area contributed by atoms with E-state index in [1.807, 2.05) is 19.9 Å². The lowest BCUT2D eigenvalue weighted by Gasteiger charge is -2.15. The average Bonchev–Trinajstić information content (AvgIpc) is 2.89. The Balaban J connectivity index is 1.78. The molecule has 0 radical (unpaired) electrons. The lowest BCUT2D eigenvalue weighted by Crippen LogP contribution is -2.30. The normalized spacial score (nSPS) is 11.1. The molecule has 0 saturated carbocycles. The molecule has 0 aliphatic heterocycles.